The van der Waals surface area contributed by atoms with Crippen molar-refractivity contribution in [2.24, 2.45) is 5.92 Å². The summed E-state index contributed by atoms with van der Waals surface area (Å²) in [4.78, 5) is 20.6. The summed E-state index contributed by atoms with van der Waals surface area (Å²) in [7, 11) is 0. The minimum atomic E-state index is -0.493. The van der Waals surface area contributed by atoms with Gasteiger partial charge in [0.1, 0.15) is 12.6 Å². The summed E-state index contributed by atoms with van der Waals surface area (Å²) < 4.78 is 0. The topological polar surface area (TPSA) is 34.1 Å². The van der Waals surface area contributed by atoms with Crippen LogP contribution in [0.25, 0.3) is 0 Å². The predicted molar refractivity (Wildman–Crippen MR) is 45.8 cm³/mol. The van der Waals surface area contributed by atoms with Crippen LogP contribution in [-0.2, 0) is 16.0 Å². The lowest BCUT2D eigenvalue weighted by molar-refractivity contribution is -0.119. The lowest BCUT2D eigenvalue weighted by Gasteiger charge is -2.00. The first-order valence-corrected chi connectivity index (χ1v) is 3.81. The first kappa shape index (κ1) is 8.65. The van der Waals surface area contributed by atoms with Gasteiger partial charge in [0.25, 0.3) is 0 Å². The lowest BCUT2D eigenvalue weighted by atomic mass is 10.0. The van der Waals surface area contributed by atoms with Crippen molar-refractivity contribution in [3.8, 4) is 0 Å². The molecule has 0 unspecified atom stereocenters. The minimum Gasteiger partial charge on any atom is -0.303 e. The average molecular weight is 162 g/mol. The Balaban J connectivity index is 2.62. The molecule has 0 saturated carbocycles. The molecule has 0 saturated heterocycles. The summed E-state index contributed by atoms with van der Waals surface area (Å²) in [5, 5.41) is 0. The Morgan fingerprint density at radius 1 is 1.08 bits per heavy atom. The molecule has 0 aliphatic rings. The van der Waals surface area contributed by atoms with E-state index in [-0.39, 0.29) is 0 Å². The molecule has 0 spiro atoms. The van der Waals surface area contributed by atoms with Gasteiger partial charge in [-0.3, -0.25) is 0 Å². The molecule has 0 aromatic heterocycles. The third-order valence-corrected chi connectivity index (χ3v) is 1.66. The maximum atomic E-state index is 10.3. The average Bonchev–Trinajstić information content (AvgIpc) is 2.16. The first-order valence-electron chi connectivity index (χ1n) is 3.81. The van der Waals surface area contributed by atoms with Gasteiger partial charge in [-0.25, -0.2) is 0 Å². The van der Waals surface area contributed by atoms with Crippen molar-refractivity contribution in [3.05, 3.63) is 35.9 Å². The third-order valence-electron chi connectivity index (χ3n) is 1.66. The Kier molecular flexibility index (Phi) is 3.20. The van der Waals surface area contributed by atoms with Gasteiger partial charge in [0.15, 0.2) is 0 Å². The fraction of sp³-hybridized carbons (Fsp3) is 0.200. The summed E-state index contributed by atoms with van der Waals surface area (Å²) in [6, 6.07) is 9.49. The van der Waals surface area contributed by atoms with E-state index in [1.807, 2.05) is 30.3 Å². The van der Waals surface area contributed by atoms with Crippen LogP contribution in [-0.4, -0.2) is 12.6 Å². The summed E-state index contributed by atoms with van der Waals surface area (Å²) in [6.45, 7) is 0. The van der Waals surface area contributed by atoms with E-state index in [1.54, 1.807) is 0 Å². The highest BCUT2D eigenvalue weighted by molar-refractivity contribution is 5.77. The minimum absolute atomic E-state index is 0.493. The van der Waals surface area contributed by atoms with Crippen LogP contribution in [0.5, 0.6) is 0 Å². The zero-order valence-corrected chi connectivity index (χ0v) is 6.64. The number of rotatable bonds is 4. The van der Waals surface area contributed by atoms with Gasteiger partial charge in [-0.05, 0) is 12.0 Å². The molecule has 1 aromatic rings. The number of aldehydes is 2. The van der Waals surface area contributed by atoms with Crippen molar-refractivity contribution in [3.63, 3.8) is 0 Å². The molecule has 0 heterocycles. The number of hydrogen-bond acceptors (Lipinski definition) is 2. The van der Waals surface area contributed by atoms with E-state index in [2.05, 4.69) is 0 Å². The largest absolute Gasteiger partial charge is 0.303 e. The zero-order chi connectivity index (χ0) is 8.81. The van der Waals surface area contributed by atoms with Gasteiger partial charge < -0.3 is 9.59 Å². The third kappa shape index (κ3) is 2.31. The molecule has 2 heteroatoms. The summed E-state index contributed by atoms with van der Waals surface area (Å²) in [5.41, 5.74) is 1.02. The number of hydrogen-bond donors (Lipinski definition) is 0. The molecule has 1 rings (SSSR count). The number of benzene rings is 1. The van der Waals surface area contributed by atoms with Gasteiger partial charge in [0.2, 0.25) is 0 Å². The van der Waals surface area contributed by atoms with Crippen molar-refractivity contribution < 1.29 is 9.59 Å². The van der Waals surface area contributed by atoms with Crippen molar-refractivity contribution >= 4 is 12.6 Å². The van der Waals surface area contributed by atoms with Crippen LogP contribution in [0.4, 0.5) is 0 Å². The normalized spacial score (nSPS) is 9.75. The Labute approximate surface area is 71.2 Å². The van der Waals surface area contributed by atoms with Gasteiger partial charge in [-0.15, -0.1) is 0 Å². The SMILES string of the molecule is O=CC(C=O)Cc1ccccc1. The molecule has 0 aliphatic carbocycles. The van der Waals surface area contributed by atoms with Crippen molar-refractivity contribution in [1.29, 1.82) is 0 Å². The van der Waals surface area contributed by atoms with Crippen LogP contribution in [0.1, 0.15) is 5.56 Å². The first-order chi connectivity index (χ1) is 5.86. The molecule has 2 nitrogen and oxygen atoms in total. The van der Waals surface area contributed by atoms with Crippen LogP contribution >= 0.6 is 0 Å². The summed E-state index contributed by atoms with van der Waals surface area (Å²) in [5.74, 6) is -0.493. The van der Waals surface area contributed by atoms with Crippen LogP contribution in [0.15, 0.2) is 30.3 Å². The maximum Gasteiger partial charge on any atom is 0.130 e. The van der Waals surface area contributed by atoms with Crippen molar-refractivity contribution in [1.82, 2.24) is 0 Å². The quantitative estimate of drug-likeness (QED) is 0.493. The Bertz CT molecular complexity index is 246. The van der Waals surface area contributed by atoms with Crippen molar-refractivity contribution in [2.45, 2.75) is 6.42 Å². The van der Waals surface area contributed by atoms with Gasteiger partial charge in [-0.2, -0.15) is 0 Å². The molecule has 62 valence electrons. The molecule has 0 amide bonds. The van der Waals surface area contributed by atoms with E-state index in [0.717, 1.165) is 5.56 Å². The van der Waals surface area contributed by atoms with Crippen molar-refractivity contribution in [2.75, 3.05) is 0 Å². The molecule has 0 N–H and O–H groups in total. The molecular formula is C10H10O2. The zero-order valence-electron chi connectivity index (χ0n) is 6.64. The number of carbonyl (C=O) groups excluding carboxylic acids is 2. The highest BCUT2D eigenvalue weighted by atomic mass is 16.1. The highest BCUT2D eigenvalue weighted by Crippen LogP contribution is 2.04. The van der Waals surface area contributed by atoms with Crippen LogP contribution in [0.3, 0.4) is 0 Å². The summed E-state index contributed by atoms with van der Waals surface area (Å²) in [6.07, 6.45) is 1.87. The van der Waals surface area contributed by atoms with E-state index in [0.29, 0.717) is 19.0 Å². The fourth-order valence-electron chi connectivity index (χ4n) is 1.01. The van der Waals surface area contributed by atoms with Gasteiger partial charge >= 0.3 is 0 Å². The monoisotopic (exact) mass is 162 g/mol. The molecule has 1 aromatic carbocycles. The van der Waals surface area contributed by atoms with Gasteiger partial charge in [-0.1, -0.05) is 30.3 Å². The Hall–Kier alpha value is -1.44. The van der Waals surface area contributed by atoms with Crippen LogP contribution in [0, 0.1) is 5.92 Å². The van der Waals surface area contributed by atoms with Crippen LogP contribution < -0.4 is 0 Å². The standard InChI is InChI=1S/C10H10O2/c11-7-10(8-12)6-9-4-2-1-3-5-9/h1-5,7-8,10H,6H2. The van der Waals surface area contributed by atoms with E-state index in [9.17, 15) is 9.59 Å². The van der Waals surface area contributed by atoms with E-state index in [4.69, 9.17) is 0 Å². The van der Waals surface area contributed by atoms with Gasteiger partial charge in [0.05, 0.1) is 5.92 Å². The molecular weight excluding hydrogens is 152 g/mol. The second-order valence-corrected chi connectivity index (χ2v) is 2.63. The highest BCUT2D eigenvalue weighted by Gasteiger charge is 2.05. The second kappa shape index (κ2) is 4.44. The number of carbonyl (C=O) groups is 2. The lowest BCUT2D eigenvalue weighted by Crippen LogP contribution is -2.06. The van der Waals surface area contributed by atoms with Gasteiger partial charge in [0, 0.05) is 0 Å². The predicted octanol–water partition coefficient (Wildman–Crippen LogP) is 1.24. The molecule has 0 radical (unpaired) electrons. The molecule has 0 atom stereocenters. The second-order valence-electron chi connectivity index (χ2n) is 2.63. The molecule has 12 heavy (non-hydrogen) atoms. The van der Waals surface area contributed by atoms with E-state index >= 15 is 0 Å². The Morgan fingerprint density at radius 3 is 2.17 bits per heavy atom. The fourth-order valence-corrected chi connectivity index (χ4v) is 1.01. The van der Waals surface area contributed by atoms with E-state index in [1.165, 1.54) is 0 Å². The smallest absolute Gasteiger partial charge is 0.130 e. The maximum absolute atomic E-state index is 10.3. The molecule has 0 fully saturated rings. The molecule has 0 aliphatic heterocycles. The Morgan fingerprint density at radius 2 is 1.67 bits per heavy atom. The van der Waals surface area contributed by atoms with E-state index < -0.39 is 5.92 Å². The molecule has 0 bridgehead atoms. The summed E-state index contributed by atoms with van der Waals surface area (Å²) >= 11 is 0. The van der Waals surface area contributed by atoms with Crippen LogP contribution in [0.2, 0.25) is 0 Å².